The summed E-state index contributed by atoms with van der Waals surface area (Å²) < 4.78 is 14.3. The molecule has 12 nitrogen and oxygen atoms in total. The first-order valence-electron chi connectivity index (χ1n) is 17.5. The molecule has 0 aliphatic carbocycles. The molecule has 3 aliphatic rings. The van der Waals surface area contributed by atoms with Crippen molar-refractivity contribution < 1.29 is 29.0 Å². The van der Waals surface area contributed by atoms with Crippen LogP contribution in [0.1, 0.15) is 48.6 Å². The number of nitrogens with zero attached hydrogens (tertiary/aromatic N) is 6. The second-order valence-corrected chi connectivity index (χ2v) is 18.1. The summed E-state index contributed by atoms with van der Waals surface area (Å²) in [5, 5.41) is 23.9. The number of hydrazone groups is 1. The zero-order chi connectivity index (χ0) is 35.9. The first-order chi connectivity index (χ1) is 24.5. The molecule has 4 heterocycles. The van der Waals surface area contributed by atoms with Gasteiger partial charge < -0.3 is 24.3 Å². The molecule has 4 aromatic rings. The number of amides is 2. The third-order valence-corrected chi connectivity index (χ3v) is 12.9. The van der Waals surface area contributed by atoms with Gasteiger partial charge in [-0.25, -0.2) is 5.01 Å². The van der Waals surface area contributed by atoms with Crippen LogP contribution < -0.4 is 14.6 Å². The van der Waals surface area contributed by atoms with Crippen LogP contribution in [-0.2, 0) is 39.4 Å². The van der Waals surface area contributed by atoms with Crippen LogP contribution in [0.2, 0.25) is 18.6 Å². The first-order valence-corrected chi connectivity index (χ1v) is 20.5. The maximum absolute atomic E-state index is 15.0. The number of aromatic nitrogens is 3. The van der Waals surface area contributed by atoms with E-state index in [0.717, 1.165) is 28.1 Å². The summed E-state index contributed by atoms with van der Waals surface area (Å²) in [7, 11) is -1.28. The molecule has 7 rings (SSSR count). The number of hydrogen-bond donors (Lipinski definition) is 2. The summed E-state index contributed by atoms with van der Waals surface area (Å²) in [5.74, 6) is -0.0204. The lowest BCUT2D eigenvalue weighted by Gasteiger charge is -2.32. The van der Waals surface area contributed by atoms with Crippen molar-refractivity contribution in [2.24, 2.45) is 11.0 Å². The van der Waals surface area contributed by atoms with Gasteiger partial charge in [0.1, 0.15) is 5.75 Å². The molecule has 0 bridgehead atoms. The fraction of sp³-hybridized carbons (Fsp3) is 0.395. The van der Waals surface area contributed by atoms with E-state index in [0.29, 0.717) is 49.4 Å². The van der Waals surface area contributed by atoms with Crippen molar-refractivity contribution >= 4 is 37.2 Å². The second-order valence-electron chi connectivity index (χ2n) is 14.2. The van der Waals surface area contributed by atoms with Gasteiger partial charge in [0.2, 0.25) is 5.91 Å². The normalized spacial score (nSPS) is 23.3. The molecule has 2 amide bonds. The maximum Gasteiger partial charge on any atom is 0.264 e. The summed E-state index contributed by atoms with van der Waals surface area (Å²) >= 11 is 0. The number of methoxy groups -OCH3 is 1. The lowest BCUT2D eigenvalue weighted by Crippen LogP contribution is -2.46. The minimum absolute atomic E-state index is 0.0118. The predicted octanol–water partition coefficient (Wildman–Crippen LogP) is 4.79. The number of aliphatic hydroxyl groups is 1. The van der Waals surface area contributed by atoms with E-state index in [1.54, 1.807) is 16.7 Å². The van der Waals surface area contributed by atoms with Gasteiger partial charge in [-0.15, -0.1) is 5.10 Å². The second kappa shape index (κ2) is 13.8. The Balaban J connectivity index is 1.21. The number of carbonyl (C=O) groups is 2. The van der Waals surface area contributed by atoms with Crippen LogP contribution >= 0.6 is 0 Å². The average Bonchev–Trinajstić information content (AvgIpc) is 3.77. The molecule has 1 aromatic heterocycles. The Bertz CT molecular complexity index is 1960. The van der Waals surface area contributed by atoms with E-state index in [9.17, 15) is 19.5 Å². The van der Waals surface area contributed by atoms with Gasteiger partial charge in [-0.1, -0.05) is 54.6 Å². The zero-order valence-electron chi connectivity index (χ0n) is 29.4. The third-order valence-electron chi connectivity index (χ3n) is 10.4. The molecule has 4 atom stereocenters. The summed E-state index contributed by atoms with van der Waals surface area (Å²) in [5.41, 5.74) is 3.83. The SMILES string of the molecule is COc1ccc2c(c1)[C@@]1(O[C@H](CCn3cc(CCO)nn3)[C@@H]([Si](C)(C)O)[C@@H]1C)C(=O)N2Cc1cccc(N2N=C(c3ccccc3)CCC2=O)c1. The van der Waals surface area contributed by atoms with Gasteiger partial charge in [0.25, 0.3) is 5.91 Å². The number of benzene rings is 3. The monoisotopic (exact) mass is 708 g/mol. The van der Waals surface area contributed by atoms with Crippen molar-refractivity contribution in [2.45, 2.75) is 76.0 Å². The molecule has 51 heavy (non-hydrogen) atoms. The van der Waals surface area contributed by atoms with Gasteiger partial charge in [-0.3, -0.25) is 14.3 Å². The number of aryl methyl sites for hydroxylation is 1. The Morgan fingerprint density at radius 1 is 1.04 bits per heavy atom. The standard InChI is InChI=1S/C38H44N6O6Si/c1-25-36(51(3,4)48)34(17-19-42-24-28(18-20-45)39-41-42)50-38(25)31-22-30(49-2)13-15-33(31)43(37(38)47)23-26-9-8-12-29(21-26)44-35(46)16-14-32(40-44)27-10-6-5-7-11-27/h5-13,15,21-22,24-25,34,36,45,48H,14,16-20,23H2,1-4H3/t25-,34+,36-,38+/m0/s1. The fourth-order valence-electron chi connectivity index (χ4n) is 8.11. The summed E-state index contributed by atoms with van der Waals surface area (Å²) in [6.45, 7) is 6.53. The van der Waals surface area contributed by atoms with Crippen LogP contribution in [0.5, 0.6) is 5.75 Å². The van der Waals surface area contributed by atoms with Crippen LogP contribution in [-0.4, -0.2) is 70.6 Å². The lowest BCUT2D eigenvalue weighted by molar-refractivity contribution is -0.146. The zero-order valence-corrected chi connectivity index (χ0v) is 30.4. The Morgan fingerprint density at radius 3 is 2.59 bits per heavy atom. The minimum Gasteiger partial charge on any atom is -0.497 e. The largest absolute Gasteiger partial charge is 0.497 e. The van der Waals surface area contributed by atoms with E-state index < -0.39 is 20.0 Å². The Kier molecular flexibility index (Phi) is 9.39. The van der Waals surface area contributed by atoms with Gasteiger partial charge in [0.15, 0.2) is 13.9 Å². The summed E-state index contributed by atoms with van der Waals surface area (Å²) in [6, 6.07) is 23.1. The van der Waals surface area contributed by atoms with Gasteiger partial charge >= 0.3 is 0 Å². The third kappa shape index (κ3) is 6.39. The van der Waals surface area contributed by atoms with Crippen molar-refractivity contribution in [3.63, 3.8) is 0 Å². The van der Waals surface area contributed by atoms with E-state index in [1.165, 1.54) is 5.01 Å². The number of ether oxygens (including phenoxy) is 2. The highest BCUT2D eigenvalue weighted by molar-refractivity contribution is 6.71. The molecular formula is C38H44N6O6Si. The van der Waals surface area contributed by atoms with Crippen molar-refractivity contribution in [1.29, 1.82) is 0 Å². The minimum atomic E-state index is -2.88. The molecule has 0 unspecified atom stereocenters. The molecule has 1 spiro atoms. The van der Waals surface area contributed by atoms with E-state index in [4.69, 9.17) is 14.6 Å². The van der Waals surface area contributed by atoms with Gasteiger partial charge in [-0.05, 0) is 61.0 Å². The van der Waals surface area contributed by atoms with Gasteiger partial charge in [0.05, 0.1) is 42.5 Å². The quantitative estimate of drug-likeness (QED) is 0.212. The van der Waals surface area contributed by atoms with E-state index in [-0.39, 0.29) is 36.4 Å². The summed E-state index contributed by atoms with van der Waals surface area (Å²) in [6.07, 6.45) is 3.23. The van der Waals surface area contributed by atoms with Gasteiger partial charge in [0, 0.05) is 55.6 Å². The molecule has 1 saturated heterocycles. The topological polar surface area (TPSA) is 143 Å². The van der Waals surface area contributed by atoms with Crippen LogP contribution in [0.3, 0.4) is 0 Å². The number of fused-ring (bicyclic) bond motifs is 2. The Morgan fingerprint density at radius 2 is 1.84 bits per heavy atom. The van der Waals surface area contributed by atoms with Crippen molar-refractivity contribution in [2.75, 3.05) is 23.6 Å². The first kappa shape index (κ1) is 34.7. The summed E-state index contributed by atoms with van der Waals surface area (Å²) in [4.78, 5) is 41.5. The molecule has 0 radical (unpaired) electrons. The molecule has 266 valence electrons. The van der Waals surface area contributed by atoms with Crippen LogP contribution in [0, 0.1) is 5.92 Å². The Hall–Kier alpha value is -4.69. The molecule has 13 heteroatoms. The van der Waals surface area contributed by atoms with E-state index in [1.807, 2.05) is 99.0 Å². The molecule has 3 aromatic carbocycles. The highest BCUT2D eigenvalue weighted by Crippen LogP contribution is 2.60. The van der Waals surface area contributed by atoms with Crippen molar-refractivity contribution in [3.8, 4) is 5.75 Å². The number of carbonyl (C=O) groups excluding carboxylic acids is 2. The van der Waals surface area contributed by atoms with E-state index >= 15 is 0 Å². The van der Waals surface area contributed by atoms with Crippen LogP contribution in [0.15, 0.2) is 84.1 Å². The van der Waals surface area contributed by atoms with Gasteiger partial charge in [-0.2, -0.15) is 5.10 Å². The fourth-order valence-corrected chi connectivity index (χ4v) is 10.7. The number of aliphatic hydroxyl groups excluding tert-OH is 1. The van der Waals surface area contributed by atoms with Crippen molar-refractivity contribution in [3.05, 3.63) is 101 Å². The van der Waals surface area contributed by atoms with E-state index in [2.05, 4.69) is 10.3 Å². The van der Waals surface area contributed by atoms with Crippen LogP contribution in [0.4, 0.5) is 11.4 Å². The lowest BCUT2D eigenvalue weighted by atomic mass is 9.82. The highest BCUT2D eigenvalue weighted by Gasteiger charge is 2.66. The number of rotatable bonds is 11. The highest BCUT2D eigenvalue weighted by atomic mass is 28.4. The number of anilines is 2. The molecular weight excluding hydrogens is 665 g/mol. The Labute approximate surface area is 298 Å². The van der Waals surface area contributed by atoms with Crippen LogP contribution in [0.25, 0.3) is 0 Å². The molecule has 0 saturated carbocycles. The number of hydrogen-bond acceptors (Lipinski definition) is 9. The van der Waals surface area contributed by atoms with Crippen molar-refractivity contribution in [1.82, 2.24) is 15.0 Å². The average molecular weight is 709 g/mol. The molecule has 1 fully saturated rings. The predicted molar refractivity (Wildman–Crippen MR) is 195 cm³/mol. The molecule has 2 N–H and O–H groups in total. The maximum atomic E-state index is 15.0. The molecule has 3 aliphatic heterocycles. The smallest absolute Gasteiger partial charge is 0.264 e.